The fourth-order valence-corrected chi connectivity index (χ4v) is 3.83. The van der Waals surface area contributed by atoms with E-state index in [2.05, 4.69) is 11.6 Å². The average molecular weight is 321 g/mol. The Balaban J connectivity index is 2.26. The topological polar surface area (TPSA) is 46.2 Å². The Morgan fingerprint density at radius 1 is 1.05 bits per heavy atom. The Hall–Kier alpha value is -1.46. The number of sulfonamides is 1. The molecule has 2 aromatic rings. The van der Waals surface area contributed by atoms with Crippen LogP contribution in [-0.2, 0) is 10.0 Å². The lowest BCUT2D eigenvalue weighted by Crippen LogP contribution is -2.13. The van der Waals surface area contributed by atoms with Gasteiger partial charge in [0.1, 0.15) is 0 Å². The molecule has 0 aliphatic carbocycles. The predicted octanol–water partition coefficient (Wildman–Crippen LogP) is 4.30. The van der Waals surface area contributed by atoms with Crippen LogP contribution in [-0.4, -0.2) is 14.2 Å². The Morgan fingerprint density at radius 3 is 2.38 bits per heavy atom. The highest BCUT2D eigenvalue weighted by atomic mass is 32.2. The van der Waals surface area contributed by atoms with E-state index >= 15 is 0 Å². The third kappa shape index (κ3) is 4.25. The van der Waals surface area contributed by atoms with Crippen LogP contribution in [0.3, 0.4) is 0 Å². The largest absolute Gasteiger partial charge is 0.278 e. The van der Waals surface area contributed by atoms with Gasteiger partial charge in [-0.2, -0.15) is 0 Å². The van der Waals surface area contributed by atoms with Crippen LogP contribution in [0.4, 0.5) is 5.69 Å². The average Bonchev–Trinajstić information content (AvgIpc) is 2.46. The maximum atomic E-state index is 12.4. The number of aryl methyl sites for hydroxylation is 1. The van der Waals surface area contributed by atoms with Gasteiger partial charge >= 0.3 is 0 Å². The van der Waals surface area contributed by atoms with Crippen molar-refractivity contribution in [1.29, 1.82) is 0 Å². The summed E-state index contributed by atoms with van der Waals surface area (Å²) in [5.41, 5.74) is 1.67. The third-order valence-electron chi connectivity index (χ3n) is 2.92. The quantitative estimate of drug-likeness (QED) is 0.807. The van der Waals surface area contributed by atoms with Crippen LogP contribution in [0.25, 0.3) is 0 Å². The van der Waals surface area contributed by atoms with Crippen molar-refractivity contribution in [2.24, 2.45) is 0 Å². The normalized spacial score (nSPS) is 11.3. The maximum absolute atomic E-state index is 12.4. The van der Waals surface area contributed by atoms with Gasteiger partial charge in [0.15, 0.2) is 0 Å². The van der Waals surface area contributed by atoms with Crippen molar-refractivity contribution in [3.8, 4) is 0 Å². The van der Waals surface area contributed by atoms with E-state index < -0.39 is 10.0 Å². The van der Waals surface area contributed by atoms with Crippen molar-refractivity contribution in [2.75, 3.05) is 10.5 Å². The van der Waals surface area contributed by atoms with E-state index in [4.69, 9.17) is 0 Å². The SMILES string of the molecule is CCCSc1ccccc1NS(=O)(=O)c1ccc(C)cc1. The molecule has 0 fully saturated rings. The van der Waals surface area contributed by atoms with Gasteiger partial charge in [0.05, 0.1) is 10.6 Å². The van der Waals surface area contributed by atoms with E-state index in [-0.39, 0.29) is 4.90 Å². The van der Waals surface area contributed by atoms with Gasteiger partial charge < -0.3 is 0 Å². The van der Waals surface area contributed by atoms with Crippen molar-refractivity contribution in [1.82, 2.24) is 0 Å². The highest BCUT2D eigenvalue weighted by Gasteiger charge is 2.15. The predicted molar refractivity (Wildman–Crippen MR) is 89.4 cm³/mol. The second-order valence-electron chi connectivity index (χ2n) is 4.76. The summed E-state index contributed by atoms with van der Waals surface area (Å²) >= 11 is 1.66. The summed E-state index contributed by atoms with van der Waals surface area (Å²) in [5.74, 6) is 0.962. The number of thioether (sulfide) groups is 1. The van der Waals surface area contributed by atoms with E-state index in [1.807, 2.05) is 25.1 Å². The lowest BCUT2D eigenvalue weighted by molar-refractivity contribution is 0.601. The van der Waals surface area contributed by atoms with E-state index in [1.165, 1.54) is 0 Å². The van der Waals surface area contributed by atoms with Crippen molar-refractivity contribution in [3.63, 3.8) is 0 Å². The molecule has 0 saturated heterocycles. The summed E-state index contributed by atoms with van der Waals surface area (Å²) in [6, 6.07) is 14.3. The molecular formula is C16H19NO2S2. The number of benzene rings is 2. The molecule has 21 heavy (non-hydrogen) atoms. The molecule has 0 amide bonds. The van der Waals surface area contributed by atoms with Crippen LogP contribution in [0.1, 0.15) is 18.9 Å². The lowest BCUT2D eigenvalue weighted by atomic mass is 10.2. The molecule has 0 atom stereocenters. The Kier molecular flexibility index (Phi) is 5.31. The van der Waals surface area contributed by atoms with E-state index in [9.17, 15) is 8.42 Å². The number of rotatable bonds is 6. The number of anilines is 1. The summed E-state index contributed by atoms with van der Waals surface area (Å²) in [4.78, 5) is 1.23. The molecule has 3 nitrogen and oxygen atoms in total. The van der Waals surface area contributed by atoms with Gasteiger partial charge in [0, 0.05) is 4.90 Å². The molecule has 5 heteroatoms. The first kappa shape index (κ1) is 15.9. The molecule has 0 aliphatic heterocycles. The number of hydrogen-bond donors (Lipinski definition) is 1. The second kappa shape index (κ2) is 7.00. The first-order valence-electron chi connectivity index (χ1n) is 6.84. The van der Waals surface area contributed by atoms with Crippen LogP contribution in [0.5, 0.6) is 0 Å². The third-order valence-corrected chi connectivity index (χ3v) is 5.59. The molecule has 0 spiro atoms. The van der Waals surface area contributed by atoms with Crippen LogP contribution in [0.15, 0.2) is 58.3 Å². The van der Waals surface area contributed by atoms with Crippen LogP contribution < -0.4 is 4.72 Å². The number of hydrogen-bond acceptors (Lipinski definition) is 3. The lowest BCUT2D eigenvalue weighted by Gasteiger charge is -2.12. The van der Waals surface area contributed by atoms with Gasteiger partial charge in [0.2, 0.25) is 0 Å². The Morgan fingerprint density at radius 2 is 1.71 bits per heavy atom. The van der Waals surface area contributed by atoms with E-state index in [0.717, 1.165) is 22.6 Å². The zero-order valence-electron chi connectivity index (χ0n) is 12.2. The van der Waals surface area contributed by atoms with Crippen molar-refractivity contribution < 1.29 is 8.42 Å². The van der Waals surface area contributed by atoms with Gasteiger partial charge in [-0.3, -0.25) is 4.72 Å². The summed E-state index contributed by atoms with van der Waals surface area (Å²) in [7, 11) is -3.54. The molecular weight excluding hydrogens is 302 g/mol. The minimum Gasteiger partial charge on any atom is -0.278 e. The molecule has 0 unspecified atom stereocenters. The summed E-state index contributed by atoms with van der Waals surface area (Å²) in [5, 5.41) is 0. The number of para-hydroxylation sites is 1. The van der Waals surface area contributed by atoms with Crippen LogP contribution in [0.2, 0.25) is 0 Å². The first-order valence-corrected chi connectivity index (χ1v) is 9.31. The maximum Gasteiger partial charge on any atom is 0.261 e. The molecule has 0 saturated carbocycles. The minimum absolute atomic E-state index is 0.281. The van der Waals surface area contributed by atoms with Gasteiger partial charge in [-0.25, -0.2) is 8.42 Å². The van der Waals surface area contributed by atoms with Crippen molar-refractivity contribution >= 4 is 27.5 Å². The molecule has 0 bridgehead atoms. The molecule has 0 aliphatic rings. The second-order valence-corrected chi connectivity index (χ2v) is 7.58. The summed E-state index contributed by atoms with van der Waals surface area (Å²) in [6.45, 7) is 4.03. The van der Waals surface area contributed by atoms with Gasteiger partial charge in [-0.05, 0) is 43.4 Å². The molecule has 0 radical (unpaired) electrons. The van der Waals surface area contributed by atoms with Gasteiger partial charge in [-0.15, -0.1) is 11.8 Å². The zero-order valence-corrected chi connectivity index (χ0v) is 13.8. The zero-order chi connectivity index (χ0) is 15.3. The molecule has 1 N–H and O–H groups in total. The van der Waals surface area contributed by atoms with Crippen LogP contribution >= 0.6 is 11.8 Å². The van der Waals surface area contributed by atoms with Crippen molar-refractivity contribution in [2.45, 2.75) is 30.1 Å². The van der Waals surface area contributed by atoms with Crippen LogP contribution in [0, 0.1) is 6.92 Å². The fraction of sp³-hybridized carbons (Fsp3) is 0.250. The van der Waals surface area contributed by atoms with E-state index in [1.54, 1.807) is 42.1 Å². The Labute approximate surface area is 130 Å². The fourth-order valence-electron chi connectivity index (χ4n) is 1.81. The van der Waals surface area contributed by atoms with E-state index in [0.29, 0.717) is 5.69 Å². The highest BCUT2D eigenvalue weighted by Crippen LogP contribution is 2.29. The standard InChI is InChI=1S/C16H19NO2S2/c1-3-12-20-16-7-5-4-6-15(16)17-21(18,19)14-10-8-13(2)9-11-14/h4-11,17H,3,12H2,1-2H3. The summed E-state index contributed by atoms with van der Waals surface area (Å²) in [6.07, 6.45) is 1.05. The minimum atomic E-state index is -3.54. The smallest absolute Gasteiger partial charge is 0.261 e. The van der Waals surface area contributed by atoms with Gasteiger partial charge in [0.25, 0.3) is 10.0 Å². The molecule has 2 aromatic carbocycles. The molecule has 2 rings (SSSR count). The Bertz CT molecular complexity index is 694. The number of nitrogens with one attached hydrogen (secondary N) is 1. The molecule has 0 heterocycles. The molecule has 112 valence electrons. The van der Waals surface area contributed by atoms with Crippen molar-refractivity contribution in [3.05, 3.63) is 54.1 Å². The highest BCUT2D eigenvalue weighted by molar-refractivity contribution is 7.99. The van der Waals surface area contributed by atoms with Gasteiger partial charge in [-0.1, -0.05) is 36.8 Å². The first-order chi connectivity index (χ1) is 10.0. The molecule has 0 aromatic heterocycles. The summed E-state index contributed by atoms with van der Waals surface area (Å²) < 4.78 is 27.5. The monoisotopic (exact) mass is 321 g/mol.